The Morgan fingerprint density at radius 1 is 1.50 bits per heavy atom. The number of likely N-dealkylation sites (N-methyl/N-ethyl adjacent to an activating group) is 1. The standard InChI is InChI=1S/C13H16ClN3O/c1-16-6-2-3-10(16)8-17-12-5-4-9(14)7-11(12)15-13(17)18/h4-5,7,10H,2-3,6,8H2,1H3,(H,15,18). The van der Waals surface area contributed by atoms with E-state index in [1.165, 1.54) is 6.42 Å². The lowest BCUT2D eigenvalue weighted by Crippen LogP contribution is -2.32. The Kier molecular flexibility index (Phi) is 2.92. The lowest BCUT2D eigenvalue weighted by atomic mass is 10.2. The van der Waals surface area contributed by atoms with Crippen molar-refractivity contribution in [2.24, 2.45) is 0 Å². The lowest BCUT2D eigenvalue weighted by Gasteiger charge is -2.19. The van der Waals surface area contributed by atoms with Crippen LogP contribution in [0.3, 0.4) is 0 Å². The third kappa shape index (κ3) is 1.95. The number of imidazole rings is 1. The first-order valence-electron chi connectivity index (χ1n) is 6.23. The van der Waals surface area contributed by atoms with Gasteiger partial charge in [-0.2, -0.15) is 0 Å². The Hall–Kier alpha value is -1.26. The summed E-state index contributed by atoms with van der Waals surface area (Å²) in [5.41, 5.74) is 1.70. The molecule has 18 heavy (non-hydrogen) atoms. The first kappa shape index (κ1) is 11.8. The molecule has 96 valence electrons. The third-order valence-corrected chi connectivity index (χ3v) is 4.04. The number of fused-ring (bicyclic) bond motifs is 1. The highest BCUT2D eigenvalue weighted by Gasteiger charge is 2.22. The van der Waals surface area contributed by atoms with E-state index in [0.717, 1.165) is 30.5 Å². The van der Waals surface area contributed by atoms with Gasteiger partial charge in [-0.1, -0.05) is 11.6 Å². The Morgan fingerprint density at radius 3 is 3.06 bits per heavy atom. The molecule has 1 N–H and O–H groups in total. The summed E-state index contributed by atoms with van der Waals surface area (Å²) < 4.78 is 1.82. The molecule has 0 aliphatic carbocycles. The molecular formula is C13H16ClN3O. The van der Waals surface area contributed by atoms with Crippen LogP contribution in [-0.2, 0) is 6.54 Å². The van der Waals surface area contributed by atoms with E-state index in [-0.39, 0.29) is 5.69 Å². The zero-order chi connectivity index (χ0) is 12.7. The number of aromatic nitrogens is 2. The van der Waals surface area contributed by atoms with E-state index in [2.05, 4.69) is 16.9 Å². The van der Waals surface area contributed by atoms with Gasteiger partial charge in [0.25, 0.3) is 0 Å². The summed E-state index contributed by atoms with van der Waals surface area (Å²) in [6.07, 6.45) is 2.37. The van der Waals surface area contributed by atoms with Crippen LogP contribution in [-0.4, -0.2) is 34.1 Å². The summed E-state index contributed by atoms with van der Waals surface area (Å²) in [4.78, 5) is 17.2. The molecule has 0 spiro atoms. The highest BCUT2D eigenvalue weighted by molar-refractivity contribution is 6.31. The maximum atomic E-state index is 12.0. The van der Waals surface area contributed by atoms with Gasteiger partial charge in [0.05, 0.1) is 11.0 Å². The number of halogens is 1. The molecule has 1 atom stereocenters. The molecule has 1 aliphatic heterocycles. The van der Waals surface area contributed by atoms with Gasteiger partial charge in [0.15, 0.2) is 0 Å². The van der Waals surface area contributed by atoms with Gasteiger partial charge in [-0.3, -0.25) is 4.57 Å². The molecule has 1 aromatic heterocycles. The number of H-pyrrole nitrogens is 1. The van der Waals surface area contributed by atoms with Gasteiger partial charge in [-0.25, -0.2) is 4.79 Å². The van der Waals surface area contributed by atoms with Gasteiger partial charge in [0, 0.05) is 17.6 Å². The number of benzene rings is 1. The average Bonchev–Trinajstić information content (AvgIpc) is 2.85. The van der Waals surface area contributed by atoms with Gasteiger partial charge >= 0.3 is 5.69 Å². The predicted octanol–water partition coefficient (Wildman–Crippen LogP) is 2.08. The van der Waals surface area contributed by atoms with Crippen LogP contribution in [0.2, 0.25) is 5.02 Å². The van der Waals surface area contributed by atoms with Crippen molar-refractivity contribution >= 4 is 22.6 Å². The summed E-state index contributed by atoms with van der Waals surface area (Å²) in [6, 6.07) is 5.99. The Morgan fingerprint density at radius 2 is 2.33 bits per heavy atom. The first-order chi connectivity index (χ1) is 8.65. The van der Waals surface area contributed by atoms with E-state index in [1.807, 2.05) is 16.7 Å². The predicted molar refractivity (Wildman–Crippen MR) is 73.2 cm³/mol. The largest absolute Gasteiger partial charge is 0.326 e. The number of likely N-dealkylation sites (tertiary alicyclic amines) is 1. The van der Waals surface area contributed by atoms with E-state index in [9.17, 15) is 4.79 Å². The molecule has 0 saturated carbocycles. The van der Waals surface area contributed by atoms with E-state index in [1.54, 1.807) is 6.07 Å². The van der Waals surface area contributed by atoms with E-state index in [4.69, 9.17) is 11.6 Å². The molecule has 1 aliphatic rings. The minimum Gasteiger partial charge on any atom is -0.305 e. The second-order valence-corrected chi connectivity index (χ2v) is 5.42. The zero-order valence-corrected chi connectivity index (χ0v) is 11.1. The summed E-state index contributed by atoms with van der Waals surface area (Å²) in [5, 5.41) is 0.647. The Balaban J connectivity index is 2.01. The van der Waals surface area contributed by atoms with Crippen LogP contribution in [0.25, 0.3) is 11.0 Å². The quantitative estimate of drug-likeness (QED) is 0.903. The monoisotopic (exact) mass is 265 g/mol. The number of nitrogens with zero attached hydrogens (tertiary/aromatic N) is 2. The van der Waals surface area contributed by atoms with Crippen molar-refractivity contribution in [1.82, 2.24) is 14.5 Å². The summed E-state index contributed by atoms with van der Waals surface area (Å²) in [5.74, 6) is 0. The molecule has 4 nitrogen and oxygen atoms in total. The number of nitrogens with one attached hydrogen (secondary N) is 1. The van der Waals surface area contributed by atoms with Crippen LogP contribution in [0.5, 0.6) is 0 Å². The molecule has 0 amide bonds. The lowest BCUT2D eigenvalue weighted by molar-refractivity contribution is 0.282. The first-order valence-corrected chi connectivity index (χ1v) is 6.61. The second kappa shape index (κ2) is 4.44. The number of hydrogen-bond donors (Lipinski definition) is 1. The SMILES string of the molecule is CN1CCCC1Cn1c(=O)[nH]c2cc(Cl)ccc21. The van der Waals surface area contributed by atoms with Crippen molar-refractivity contribution < 1.29 is 0 Å². The minimum atomic E-state index is -0.0485. The molecule has 1 saturated heterocycles. The average molecular weight is 266 g/mol. The molecule has 2 heterocycles. The fourth-order valence-electron chi connectivity index (χ4n) is 2.74. The van der Waals surface area contributed by atoms with Crippen LogP contribution in [0.4, 0.5) is 0 Å². The van der Waals surface area contributed by atoms with Crippen molar-refractivity contribution in [1.29, 1.82) is 0 Å². The number of hydrogen-bond acceptors (Lipinski definition) is 2. The minimum absolute atomic E-state index is 0.0485. The van der Waals surface area contributed by atoms with Gasteiger partial charge in [0.2, 0.25) is 0 Å². The van der Waals surface area contributed by atoms with Crippen molar-refractivity contribution in [2.45, 2.75) is 25.4 Å². The van der Waals surface area contributed by atoms with Crippen LogP contribution in [0, 0.1) is 0 Å². The van der Waals surface area contributed by atoms with Crippen LogP contribution in [0.1, 0.15) is 12.8 Å². The molecule has 0 radical (unpaired) electrons. The molecule has 1 unspecified atom stereocenters. The van der Waals surface area contributed by atoms with E-state index < -0.39 is 0 Å². The molecule has 5 heteroatoms. The Labute approximate surface area is 110 Å². The number of aromatic amines is 1. The van der Waals surface area contributed by atoms with E-state index in [0.29, 0.717) is 11.1 Å². The summed E-state index contributed by atoms with van der Waals surface area (Å²) >= 11 is 5.93. The second-order valence-electron chi connectivity index (χ2n) is 4.98. The van der Waals surface area contributed by atoms with Gasteiger partial charge < -0.3 is 9.88 Å². The number of rotatable bonds is 2. The molecule has 1 fully saturated rings. The highest BCUT2D eigenvalue weighted by Crippen LogP contribution is 2.20. The maximum Gasteiger partial charge on any atom is 0.326 e. The highest BCUT2D eigenvalue weighted by atomic mass is 35.5. The fraction of sp³-hybridized carbons (Fsp3) is 0.462. The van der Waals surface area contributed by atoms with Crippen molar-refractivity contribution in [3.8, 4) is 0 Å². The van der Waals surface area contributed by atoms with Crippen LogP contribution >= 0.6 is 11.6 Å². The summed E-state index contributed by atoms with van der Waals surface area (Å²) in [6.45, 7) is 1.87. The molecule has 2 aromatic rings. The van der Waals surface area contributed by atoms with Crippen molar-refractivity contribution in [2.75, 3.05) is 13.6 Å². The maximum absolute atomic E-state index is 12.0. The van der Waals surface area contributed by atoms with Crippen LogP contribution < -0.4 is 5.69 Å². The third-order valence-electron chi connectivity index (χ3n) is 3.80. The van der Waals surface area contributed by atoms with Gasteiger partial charge in [-0.15, -0.1) is 0 Å². The van der Waals surface area contributed by atoms with Gasteiger partial charge in [0.1, 0.15) is 0 Å². The smallest absolute Gasteiger partial charge is 0.305 e. The van der Waals surface area contributed by atoms with E-state index >= 15 is 0 Å². The molecule has 3 rings (SSSR count). The molecule has 0 bridgehead atoms. The summed E-state index contributed by atoms with van der Waals surface area (Å²) in [7, 11) is 2.12. The zero-order valence-electron chi connectivity index (χ0n) is 10.3. The molecule has 1 aromatic carbocycles. The fourth-order valence-corrected chi connectivity index (χ4v) is 2.91. The van der Waals surface area contributed by atoms with Gasteiger partial charge in [-0.05, 0) is 44.6 Å². The molecular weight excluding hydrogens is 250 g/mol. The normalized spacial score (nSPS) is 20.9. The van der Waals surface area contributed by atoms with Crippen LogP contribution in [0.15, 0.2) is 23.0 Å². The topological polar surface area (TPSA) is 41.0 Å². The van der Waals surface area contributed by atoms with Crippen molar-refractivity contribution in [3.63, 3.8) is 0 Å². The Bertz CT molecular complexity index is 631. The van der Waals surface area contributed by atoms with Crippen molar-refractivity contribution in [3.05, 3.63) is 33.7 Å².